The molecule has 0 spiro atoms. The molecule has 0 atom stereocenters. The Hall–Kier alpha value is -0.810. The summed E-state index contributed by atoms with van der Waals surface area (Å²) in [5.41, 5.74) is 3.50. The number of halogens is 1. The number of hydrogen-bond acceptors (Lipinski definition) is 1. The van der Waals surface area contributed by atoms with Crippen molar-refractivity contribution in [1.82, 2.24) is 0 Å². The van der Waals surface area contributed by atoms with Gasteiger partial charge in [0, 0.05) is 4.47 Å². The molecule has 1 aromatic carbocycles. The fourth-order valence-electron chi connectivity index (χ4n) is 1.91. The van der Waals surface area contributed by atoms with E-state index in [2.05, 4.69) is 48.0 Å². The van der Waals surface area contributed by atoms with Crippen LogP contribution in [-0.4, -0.2) is 0 Å². The van der Waals surface area contributed by atoms with E-state index >= 15 is 0 Å². The average molecular weight is 250 g/mol. The van der Waals surface area contributed by atoms with Crippen molar-refractivity contribution in [3.05, 3.63) is 33.3 Å². The summed E-state index contributed by atoms with van der Waals surface area (Å²) in [5, 5.41) is 9.13. The van der Waals surface area contributed by atoms with Crippen molar-refractivity contribution in [3.63, 3.8) is 0 Å². The summed E-state index contributed by atoms with van der Waals surface area (Å²) in [7, 11) is 0. The van der Waals surface area contributed by atoms with Crippen LogP contribution in [0.1, 0.15) is 29.5 Å². The van der Waals surface area contributed by atoms with E-state index in [1.165, 1.54) is 16.7 Å². The molecule has 1 aliphatic rings. The lowest BCUT2D eigenvalue weighted by Gasteiger charge is -2.13. The van der Waals surface area contributed by atoms with Crippen molar-refractivity contribution >= 4 is 15.9 Å². The highest BCUT2D eigenvalue weighted by molar-refractivity contribution is 9.10. The molecule has 72 valence electrons. The van der Waals surface area contributed by atoms with Gasteiger partial charge in [-0.05, 0) is 43.4 Å². The highest BCUT2D eigenvalue weighted by atomic mass is 79.9. The van der Waals surface area contributed by atoms with Crippen molar-refractivity contribution in [2.24, 2.45) is 0 Å². The van der Waals surface area contributed by atoms with Crippen LogP contribution in [0, 0.1) is 25.2 Å². The highest BCUT2D eigenvalue weighted by Crippen LogP contribution is 2.49. The van der Waals surface area contributed by atoms with Gasteiger partial charge in [0.2, 0.25) is 0 Å². The number of benzene rings is 1. The summed E-state index contributed by atoms with van der Waals surface area (Å²) in [6.45, 7) is 4.16. The maximum atomic E-state index is 9.13. The van der Waals surface area contributed by atoms with E-state index in [1.807, 2.05) is 0 Å². The second kappa shape index (κ2) is 3.10. The molecule has 1 aliphatic carbocycles. The molecule has 0 aromatic heterocycles. The summed E-state index contributed by atoms with van der Waals surface area (Å²) >= 11 is 3.57. The lowest BCUT2D eigenvalue weighted by molar-refractivity contribution is 0.891. The molecule has 14 heavy (non-hydrogen) atoms. The normalized spacial score (nSPS) is 17.6. The first-order valence-corrected chi connectivity index (χ1v) is 5.57. The van der Waals surface area contributed by atoms with Crippen molar-refractivity contribution in [2.75, 3.05) is 0 Å². The fourth-order valence-corrected chi connectivity index (χ4v) is 2.25. The lowest BCUT2D eigenvalue weighted by atomic mass is 9.92. The molecular formula is C12H12BrN. The van der Waals surface area contributed by atoms with Gasteiger partial charge in [-0.1, -0.05) is 28.1 Å². The fraction of sp³-hybridized carbons (Fsp3) is 0.417. The zero-order chi connectivity index (χ0) is 10.3. The number of rotatable bonds is 1. The molecule has 1 saturated carbocycles. The van der Waals surface area contributed by atoms with Crippen molar-refractivity contribution in [1.29, 1.82) is 5.26 Å². The molecule has 1 nitrogen and oxygen atoms in total. The van der Waals surface area contributed by atoms with Gasteiger partial charge in [-0.3, -0.25) is 0 Å². The number of nitriles is 1. The Labute approximate surface area is 92.9 Å². The summed E-state index contributed by atoms with van der Waals surface area (Å²) in [5.74, 6) is 0. The molecule has 1 fully saturated rings. The summed E-state index contributed by atoms with van der Waals surface area (Å²) in [6.07, 6.45) is 2.03. The first kappa shape index (κ1) is 9.73. The predicted octanol–water partition coefficient (Wildman–Crippen LogP) is 3.62. The van der Waals surface area contributed by atoms with Gasteiger partial charge in [-0.2, -0.15) is 5.26 Å². The Morgan fingerprint density at radius 2 is 2.00 bits per heavy atom. The van der Waals surface area contributed by atoms with E-state index in [4.69, 9.17) is 5.26 Å². The van der Waals surface area contributed by atoms with Crippen molar-refractivity contribution in [2.45, 2.75) is 32.1 Å². The van der Waals surface area contributed by atoms with Crippen LogP contribution in [0.15, 0.2) is 16.6 Å². The van der Waals surface area contributed by atoms with E-state index in [0.717, 1.165) is 17.3 Å². The minimum absolute atomic E-state index is 0.166. The quantitative estimate of drug-likeness (QED) is 0.746. The van der Waals surface area contributed by atoms with E-state index in [9.17, 15) is 0 Å². The Bertz CT molecular complexity index is 425. The van der Waals surface area contributed by atoms with Crippen LogP contribution >= 0.6 is 15.9 Å². The van der Waals surface area contributed by atoms with Gasteiger partial charge >= 0.3 is 0 Å². The first-order valence-electron chi connectivity index (χ1n) is 4.78. The molecule has 0 N–H and O–H groups in total. The second-order valence-electron chi connectivity index (χ2n) is 4.06. The third kappa shape index (κ3) is 1.27. The molecule has 0 aliphatic heterocycles. The van der Waals surface area contributed by atoms with Gasteiger partial charge in [-0.25, -0.2) is 0 Å². The Morgan fingerprint density at radius 1 is 1.36 bits per heavy atom. The lowest BCUT2D eigenvalue weighted by Crippen LogP contribution is -2.05. The van der Waals surface area contributed by atoms with Gasteiger partial charge in [0.05, 0.1) is 11.5 Å². The average Bonchev–Trinajstić information content (AvgIpc) is 2.95. The Morgan fingerprint density at radius 3 is 2.50 bits per heavy atom. The molecule has 2 rings (SSSR count). The molecule has 0 radical (unpaired) electrons. The molecule has 0 amide bonds. The third-order valence-corrected chi connectivity index (χ3v) is 4.28. The second-order valence-corrected chi connectivity index (χ2v) is 4.86. The minimum Gasteiger partial charge on any atom is -0.197 e. The molecule has 0 heterocycles. The molecule has 1 aromatic rings. The molecule has 0 saturated heterocycles. The smallest absolute Gasteiger partial charge is 0.0826 e. The van der Waals surface area contributed by atoms with Gasteiger partial charge in [0.1, 0.15) is 0 Å². The van der Waals surface area contributed by atoms with Gasteiger partial charge in [0.15, 0.2) is 0 Å². The van der Waals surface area contributed by atoms with Crippen molar-refractivity contribution < 1.29 is 0 Å². The Balaban J connectivity index is 2.57. The number of aryl methyl sites for hydroxylation is 1. The van der Waals surface area contributed by atoms with Crippen LogP contribution in [0.25, 0.3) is 0 Å². The Kier molecular flexibility index (Phi) is 2.16. The number of hydrogen-bond donors (Lipinski definition) is 0. The van der Waals surface area contributed by atoms with Crippen LogP contribution in [0.3, 0.4) is 0 Å². The van der Waals surface area contributed by atoms with Gasteiger partial charge in [-0.15, -0.1) is 0 Å². The minimum atomic E-state index is -0.166. The van der Waals surface area contributed by atoms with Gasteiger partial charge in [0.25, 0.3) is 0 Å². The summed E-state index contributed by atoms with van der Waals surface area (Å²) in [6, 6.07) is 6.63. The SMILES string of the molecule is Cc1ccc(C2(C#N)CC2)c(C)c1Br. The third-order valence-electron chi connectivity index (χ3n) is 3.06. The monoisotopic (exact) mass is 249 g/mol. The maximum Gasteiger partial charge on any atom is 0.0826 e. The molecular weight excluding hydrogens is 238 g/mol. The topological polar surface area (TPSA) is 23.8 Å². The largest absolute Gasteiger partial charge is 0.197 e. The summed E-state index contributed by atoms with van der Waals surface area (Å²) in [4.78, 5) is 0. The van der Waals surface area contributed by atoms with Crippen LogP contribution in [0.2, 0.25) is 0 Å². The first-order chi connectivity index (χ1) is 6.60. The number of nitrogens with zero attached hydrogens (tertiary/aromatic N) is 1. The van der Waals surface area contributed by atoms with Crippen LogP contribution in [-0.2, 0) is 5.41 Å². The van der Waals surface area contributed by atoms with Gasteiger partial charge < -0.3 is 0 Å². The van der Waals surface area contributed by atoms with E-state index < -0.39 is 0 Å². The van der Waals surface area contributed by atoms with Crippen LogP contribution in [0.4, 0.5) is 0 Å². The summed E-state index contributed by atoms with van der Waals surface area (Å²) < 4.78 is 1.15. The maximum absolute atomic E-state index is 9.13. The zero-order valence-electron chi connectivity index (χ0n) is 8.39. The van der Waals surface area contributed by atoms with Crippen LogP contribution < -0.4 is 0 Å². The van der Waals surface area contributed by atoms with Crippen molar-refractivity contribution in [3.8, 4) is 6.07 Å². The molecule has 2 heteroatoms. The molecule has 0 bridgehead atoms. The van der Waals surface area contributed by atoms with E-state index in [-0.39, 0.29) is 5.41 Å². The highest BCUT2D eigenvalue weighted by Gasteiger charge is 2.45. The zero-order valence-corrected chi connectivity index (χ0v) is 9.98. The van der Waals surface area contributed by atoms with Crippen LogP contribution in [0.5, 0.6) is 0 Å². The van der Waals surface area contributed by atoms with E-state index in [1.54, 1.807) is 0 Å². The molecule has 0 unspecified atom stereocenters. The standard InChI is InChI=1S/C12H12BrN/c1-8-3-4-10(9(2)11(8)13)12(7-14)5-6-12/h3-4H,5-6H2,1-2H3. The van der Waals surface area contributed by atoms with E-state index in [0.29, 0.717) is 0 Å². The predicted molar refractivity (Wildman–Crippen MR) is 60.1 cm³/mol.